The van der Waals surface area contributed by atoms with Crippen molar-refractivity contribution in [3.63, 3.8) is 0 Å². The molecule has 0 radical (unpaired) electrons. The fourth-order valence-electron chi connectivity index (χ4n) is 3.62. The van der Waals surface area contributed by atoms with E-state index in [2.05, 4.69) is 10.6 Å². The highest BCUT2D eigenvalue weighted by Gasteiger charge is 2.27. The number of halogens is 1. The standard InChI is InChI=1S/C20H29N3O3.ClH/c24-19(10-14-26-18-6-2-1-3-7-18)23-12-8-16(9-13-23)20(25)22-15-17-5-4-11-21-17;/h1-3,6-7,16-17,21H,4-5,8-15H2,(H,22,25);1H. The van der Waals surface area contributed by atoms with E-state index in [-0.39, 0.29) is 30.1 Å². The van der Waals surface area contributed by atoms with Crippen molar-refractivity contribution in [2.75, 3.05) is 32.8 Å². The van der Waals surface area contributed by atoms with Gasteiger partial charge in [-0.2, -0.15) is 0 Å². The number of hydrogen-bond donors (Lipinski definition) is 2. The van der Waals surface area contributed by atoms with E-state index in [0.717, 1.165) is 38.1 Å². The van der Waals surface area contributed by atoms with E-state index in [1.54, 1.807) is 0 Å². The molecule has 2 saturated heterocycles. The van der Waals surface area contributed by atoms with E-state index in [1.165, 1.54) is 6.42 Å². The number of para-hydroxylation sites is 1. The molecule has 150 valence electrons. The quantitative estimate of drug-likeness (QED) is 0.740. The number of carbonyl (C=O) groups excluding carboxylic acids is 2. The van der Waals surface area contributed by atoms with E-state index < -0.39 is 0 Å². The maximum Gasteiger partial charge on any atom is 0.225 e. The highest BCUT2D eigenvalue weighted by atomic mass is 35.5. The summed E-state index contributed by atoms with van der Waals surface area (Å²) in [6, 6.07) is 9.95. The van der Waals surface area contributed by atoms with Gasteiger partial charge in [-0.1, -0.05) is 18.2 Å². The molecule has 2 heterocycles. The zero-order valence-corrected chi connectivity index (χ0v) is 16.5. The highest BCUT2D eigenvalue weighted by Crippen LogP contribution is 2.18. The van der Waals surface area contributed by atoms with Crippen molar-refractivity contribution < 1.29 is 14.3 Å². The number of rotatable bonds is 7. The van der Waals surface area contributed by atoms with Gasteiger partial charge in [0.25, 0.3) is 0 Å². The molecule has 27 heavy (non-hydrogen) atoms. The maximum absolute atomic E-state index is 12.3. The lowest BCUT2D eigenvalue weighted by Gasteiger charge is -2.31. The molecule has 2 aliphatic rings. The number of benzene rings is 1. The molecule has 1 unspecified atom stereocenters. The molecule has 1 aromatic rings. The Labute approximate surface area is 167 Å². The molecular formula is C20H30ClN3O3. The van der Waals surface area contributed by atoms with Crippen LogP contribution >= 0.6 is 12.4 Å². The fraction of sp³-hybridized carbons (Fsp3) is 0.600. The number of nitrogens with zero attached hydrogens (tertiary/aromatic N) is 1. The Balaban J connectivity index is 0.00000261. The van der Waals surface area contributed by atoms with Gasteiger partial charge in [0.15, 0.2) is 0 Å². The van der Waals surface area contributed by atoms with Gasteiger partial charge in [0.05, 0.1) is 13.0 Å². The number of ether oxygens (including phenoxy) is 1. The van der Waals surface area contributed by atoms with Crippen LogP contribution in [-0.4, -0.2) is 55.5 Å². The third-order valence-corrected chi connectivity index (χ3v) is 5.23. The van der Waals surface area contributed by atoms with Crippen LogP contribution < -0.4 is 15.4 Å². The van der Waals surface area contributed by atoms with Crippen molar-refractivity contribution >= 4 is 24.2 Å². The minimum absolute atomic E-state index is 0. The normalized spacial score (nSPS) is 20.0. The number of hydrogen-bond acceptors (Lipinski definition) is 4. The zero-order valence-electron chi connectivity index (χ0n) is 15.7. The minimum atomic E-state index is 0. The van der Waals surface area contributed by atoms with E-state index in [4.69, 9.17) is 4.74 Å². The van der Waals surface area contributed by atoms with Gasteiger partial charge in [0, 0.05) is 31.6 Å². The van der Waals surface area contributed by atoms with Gasteiger partial charge in [-0.15, -0.1) is 12.4 Å². The van der Waals surface area contributed by atoms with Crippen LogP contribution in [0.3, 0.4) is 0 Å². The van der Waals surface area contributed by atoms with Gasteiger partial charge in [-0.3, -0.25) is 9.59 Å². The Kier molecular flexibility index (Phi) is 8.88. The van der Waals surface area contributed by atoms with Crippen molar-refractivity contribution in [2.45, 2.75) is 38.1 Å². The summed E-state index contributed by atoms with van der Waals surface area (Å²) in [5.74, 6) is 1.06. The van der Waals surface area contributed by atoms with Crippen LogP contribution in [-0.2, 0) is 9.59 Å². The summed E-state index contributed by atoms with van der Waals surface area (Å²) in [5.41, 5.74) is 0. The van der Waals surface area contributed by atoms with Crippen LogP contribution in [0.2, 0.25) is 0 Å². The molecule has 2 N–H and O–H groups in total. The lowest BCUT2D eigenvalue weighted by molar-refractivity contribution is -0.136. The molecule has 6 nitrogen and oxygen atoms in total. The Hall–Kier alpha value is -1.79. The van der Waals surface area contributed by atoms with Gasteiger partial charge in [-0.25, -0.2) is 0 Å². The Bertz CT molecular complexity index is 585. The minimum Gasteiger partial charge on any atom is -0.493 e. The van der Waals surface area contributed by atoms with Crippen LogP contribution in [0, 0.1) is 5.92 Å². The van der Waals surface area contributed by atoms with Crippen molar-refractivity contribution in [2.24, 2.45) is 5.92 Å². The molecule has 2 fully saturated rings. The van der Waals surface area contributed by atoms with Crippen molar-refractivity contribution in [3.8, 4) is 5.75 Å². The number of carbonyl (C=O) groups is 2. The lowest BCUT2D eigenvalue weighted by Crippen LogP contribution is -2.45. The van der Waals surface area contributed by atoms with Crippen LogP contribution in [0.15, 0.2) is 30.3 Å². The molecular weight excluding hydrogens is 366 g/mol. The van der Waals surface area contributed by atoms with Gasteiger partial charge < -0.3 is 20.3 Å². The van der Waals surface area contributed by atoms with Gasteiger partial charge in [-0.05, 0) is 44.4 Å². The largest absolute Gasteiger partial charge is 0.493 e. The predicted molar refractivity (Wildman–Crippen MR) is 107 cm³/mol. The molecule has 0 saturated carbocycles. The third kappa shape index (κ3) is 6.70. The summed E-state index contributed by atoms with van der Waals surface area (Å²) < 4.78 is 5.59. The number of likely N-dealkylation sites (tertiary alicyclic amines) is 1. The van der Waals surface area contributed by atoms with E-state index in [0.29, 0.717) is 32.2 Å². The second-order valence-corrected chi connectivity index (χ2v) is 7.11. The van der Waals surface area contributed by atoms with E-state index >= 15 is 0 Å². The fourth-order valence-corrected chi connectivity index (χ4v) is 3.62. The first-order valence-electron chi connectivity index (χ1n) is 9.69. The average Bonchev–Trinajstić information content (AvgIpc) is 3.20. The average molecular weight is 396 g/mol. The number of piperidine rings is 1. The second kappa shape index (κ2) is 11.1. The van der Waals surface area contributed by atoms with Crippen LogP contribution in [0.1, 0.15) is 32.1 Å². The van der Waals surface area contributed by atoms with Crippen molar-refractivity contribution in [1.29, 1.82) is 0 Å². The SMILES string of the molecule is Cl.O=C(NCC1CCCN1)C1CCN(C(=O)CCOc2ccccc2)CC1. The number of amides is 2. The summed E-state index contributed by atoms with van der Waals surface area (Å²) in [4.78, 5) is 26.5. The second-order valence-electron chi connectivity index (χ2n) is 7.11. The Morgan fingerprint density at radius 3 is 2.56 bits per heavy atom. The molecule has 1 aromatic carbocycles. The Morgan fingerprint density at radius 2 is 1.89 bits per heavy atom. The van der Waals surface area contributed by atoms with Crippen molar-refractivity contribution in [3.05, 3.63) is 30.3 Å². The van der Waals surface area contributed by atoms with Crippen LogP contribution in [0.4, 0.5) is 0 Å². The first-order valence-corrected chi connectivity index (χ1v) is 9.69. The topological polar surface area (TPSA) is 70.7 Å². The molecule has 0 aromatic heterocycles. The summed E-state index contributed by atoms with van der Waals surface area (Å²) in [6.07, 6.45) is 4.19. The zero-order chi connectivity index (χ0) is 18.2. The summed E-state index contributed by atoms with van der Waals surface area (Å²) in [7, 11) is 0. The summed E-state index contributed by atoms with van der Waals surface area (Å²) >= 11 is 0. The van der Waals surface area contributed by atoms with Crippen LogP contribution in [0.5, 0.6) is 5.75 Å². The van der Waals surface area contributed by atoms with Crippen LogP contribution in [0.25, 0.3) is 0 Å². The van der Waals surface area contributed by atoms with E-state index in [9.17, 15) is 9.59 Å². The monoisotopic (exact) mass is 395 g/mol. The van der Waals surface area contributed by atoms with Gasteiger partial charge >= 0.3 is 0 Å². The molecule has 3 rings (SSSR count). The number of nitrogens with one attached hydrogen (secondary N) is 2. The summed E-state index contributed by atoms with van der Waals surface area (Å²) in [6.45, 7) is 3.47. The maximum atomic E-state index is 12.3. The molecule has 2 aliphatic heterocycles. The molecule has 1 atom stereocenters. The first kappa shape index (κ1) is 21.5. The lowest BCUT2D eigenvalue weighted by atomic mass is 9.95. The van der Waals surface area contributed by atoms with Crippen molar-refractivity contribution in [1.82, 2.24) is 15.5 Å². The third-order valence-electron chi connectivity index (χ3n) is 5.23. The molecule has 0 spiro atoms. The molecule has 7 heteroatoms. The molecule has 0 aliphatic carbocycles. The van der Waals surface area contributed by atoms with E-state index in [1.807, 2.05) is 35.2 Å². The Morgan fingerprint density at radius 1 is 1.15 bits per heavy atom. The first-order chi connectivity index (χ1) is 12.7. The van der Waals surface area contributed by atoms with Gasteiger partial charge in [0.1, 0.15) is 5.75 Å². The smallest absolute Gasteiger partial charge is 0.225 e. The molecule has 0 bridgehead atoms. The molecule has 2 amide bonds. The highest BCUT2D eigenvalue weighted by molar-refractivity contribution is 5.85. The predicted octanol–water partition coefficient (Wildman–Crippen LogP) is 1.98. The van der Waals surface area contributed by atoms with Gasteiger partial charge in [0.2, 0.25) is 11.8 Å². The summed E-state index contributed by atoms with van der Waals surface area (Å²) in [5, 5.41) is 6.45.